The van der Waals surface area contributed by atoms with Crippen LogP contribution in [0.15, 0.2) is 0 Å². The van der Waals surface area contributed by atoms with Crippen molar-refractivity contribution in [3.05, 3.63) is 0 Å². The molecule has 0 radical (unpaired) electrons. The average Bonchev–Trinajstić information content (AvgIpc) is 2.37. The Hall–Kier alpha value is -1.14. The van der Waals surface area contributed by atoms with E-state index in [1.54, 1.807) is 0 Å². The van der Waals surface area contributed by atoms with Gasteiger partial charge in [0, 0.05) is 19.4 Å². The third-order valence-corrected chi connectivity index (χ3v) is 3.20. The van der Waals surface area contributed by atoms with Crippen molar-refractivity contribution in [3.63, 3.8) is 0 Å². The zero-order valence-corrected chi connectivity index (χ0v) is 10.5. The second kappa shape index (κ2) is 8.05. The molecule has 1 saturated heterocycles. The predicted octanol–water partition coefficient (Wildman–Crippen LogP) is -0.282. The number of aliphatic hydroxyl groups excluding tert-OH is 1. The summed E-state index contributed by atoms with van der Waals surface area (Å²) in [6, 6.07) is 0. The van der Waals surface area contributed by atoms with E-state index in [9.17, 15) is 9.59 Å². The first-order valence-electron chi connectivity index (χ1n) is 6.48. The minimum atomic E-state index is -1.40. The number of carbonyl (C=O) groups is 2. The highest BCUT2D eigenvalue weighted by atomic mass is 16.4. The zero-order valence-electron chi connectivity index (χ0n) is 10.5. The van der Waals surface area contributed by atoms with E-state index in [1.165, 1.54) is 0 Å². The monoisotopic (exact) mass is 258 g/mol. The van der Waals surface area contributed by atoms with E-state index >= 15 is 0 Å². The highest BCUT2D eigenvalue weighted by Crippen LogP contribution is 2.15. The summed E-state index contributed by atoms with van der Waals surface area (Å²) in [5.41, 5.74) is 0. The maximum atomic E-state index is 11.5. The molecule has 104 valence electrons. The fourth-order valence-corrected chi connectivity index (χ4v) is 2.07. The molecule has 0 saturated carbocycles. The summed E-state index contributed by atoms with van der Waals surface area (Å²) < 4.78 is 0. The maximum Gasteiger partial charge on any atom is 0.332 e. The molecule has 1 rings (SSSR count). The largest absolute Gasteiger partial charge is 0.479 e. The van der Waals surface area contributed by atoms with E-state index in [2.05, 4.69) is 10.6 Å². The number of piperidine rings is 1. The number of carboxylic acid groups (broad SMARTS) is 1. The molecule has 1 unspecified atom stereocenters. The van der Waals surface area contributed by atoms with Crippen LogP contribution in [-0.4, -0.2) is 47.8 Å². The Morgan fingerprint density at radius 1 is 1.44 bits per heavy atom. The zero-order chi connectivity index (χ0) is 13.4. The van der Waals surface area contributed by atoms with Crippen molar-refractivity contribution in [2.75, 3.05) is 19.6 Å². The molecular weight excluding hydrogens is 236 g/mol. The normalized spacial score (nSPS) is 21.3. The Morgan fingerprint density at radius 3 is 2.83 bits per heavy atom. The van der Waals surface area contributed by atoms with Gasteiger partial charge in [0.25, 0.3) is 0 Å². The number of carbonyl (C=O) groups excluding carboxylic acids is 1. The lowest BCUT2D eigenvalue weighted by Gasteiger charge is -2.22. The molecule has 6 nitrogen and oxygen atoms in total. The Bertz CT molecular complexity index is 277. The van der Waals surface area contributed by atoms with Crippen LogP contribution in [0, 0.1) is 5.92 Å². The third kappa shape index (κ3) is 5.97. The first kappa shape index (κ1) is 14.9. The van der Waals surface area contributed by atoms with Gasteiger partial charge in [0.2, 0.25) is 5.91 Å². The Kier molecular flexibility index (Phi) is 6.67. The van der Waals surface area contributed by atoms with Crippen LogP contribution in [0.2, 0.25) is 0 Å². The van der Waals surface area contributed by atoms with Crippen molar-refractivity contribution in [3.8, 4) is 0 Å². The van der Waals surface area contributed by atoms with Crippen molar-refractivity contribution < 1.29 is 19.8 Å². The van der Waals surface area contributed by atoms with Gasteiger partial charge in [-0.15, -0.1) is 0 Å². The van der Waals surface area contributed by atoms with E-state index in [4.69, 9.17) is 10.2 Å². The van der Waals surface area contributed by atoms with Gasteiger partial charge in [-0.05, 0) is 38.3 Å². The molecule has 0 aromatic carbocycles. The first-order valence-corrected chi connectivity index (χ1v) is 6.48. The number of aliphatic hydroxyl groups is 1. The molecule has 2 atom stereocenters. The number of aliphatic carboxylic acids is 1. The molecular formula is C12H22N2O4. The van der Waals surface area contributed by atoms with Gasteiger partial charge < -0.3 is 20.8 Å². The average molecular weight is 258 g/mol. The maximum absolute atomic E-state index is 11.5. The lowest BCUT2D eigenvalue weighted by Crippen LogP contribution is -2.32. The minimum absolute atomic E-state index is 0.0477. The molecule has 1 heterocycles. The summed E-state index contributed by atoms with van der Waals surface area (Å²) in [5.74, 6) is -0.759. The number of nitrogens with one attached hydrogen (secondary N) is 2. The van der Waals surface area contributed by atoms with E-state index in [0.29, 0.717) is 12.3 Å². The topological polar surface area (TPSA) is 98.7 Å². The molecule has 0 aromatic heterocycles. The van der Waals surface area contributed by atoms with Crippen LogP contribution in [0.5, 0.6) is 0 Å². The van der Waals surface area contributed by atoms with Crippen molar-refractivity contribution in [2.24, 2.45) is 5.92 Å². The molecule has 1 aliphatic rings. The van der Waals surface area contributed by atoms with Crippen LogP contribution >= 0.6 is 0 Å². The molecule has 6 heteroatoms. The summed E-state index contributed by atoms with van der Waals surface area (Å²) in [6.45, 7) is 2.25. The molecule has 0 aromatic rings. The van der Waals surface area contributed by atoms with Gasteiger partial charge in [-0.25, -0.2) is 4.79 Å². The second-order valence-electron chi connectivity index (χ2n) is 4.74. The molecule has 0 bridgehead atoms. The van der Waals surface area contributed by atoms with Crippen molar-refractivity contribution >= 4 is 11.9 Å². The smallest absolute Gasteiger partial charge is 0.332 e. The molecule has 0 spiro atoms. The number of rotatable bonds is 7. The van der Waals surface area contributed by atoms with Gasteiger partial charge in [0.1, 0.15) is 0 Å². The van der Waals surface area contributed by atoms with E-state index in [-0.39, 0.29) is 18.9 Å². The summed E-state index contributed by atoms with van der Waals surface area (Å²) in [5, 5.41) is 23.4. The quantitative estimate of drug-likeness (QED) is 0.503. The van der Waals surface area contributed by atoms with Gasteiger partial charge in [-0.2, -0.15) is 0 Å². The fourth-order valence-electron chi connectivity index (χ4n) is 2.07. The molecule has 0 aliphatic carbocycles. The van der Waals surface area contributed by atoms with E-state index < -0.39 is 12.1 Å². The van der Waals surface area contributed by atoms with Gasteiger partial charge >= 0.3 is 5.97 Å². The van der Waals surface area contributed by atoms with Crippen LogP contribution in [0.1, 0.15) is 32.1 Å². The van der Waals surface area contributed by atoms with Crippen LogP contribution in [0.4, 0.5) is 0 Å². The molecule has 1 amide bonds. The number of amides is 1. The summed E-state index contributed by atoms with van der Waals surface area (Å²) in [6.07, 6.45) is 2.31. The Labute approximate surface area is 107 Å². The minimum Gasteiger partial charge on any atom is -0.479 e. The van der Waals surface area contributed by atoms with Crippen molar-refractivity contribution in [1.29, 1.82) is 0 Å². The Morgan fingerprint density at radius 2 is 2.22 bits per heavy atom. The second-order valence-corrected chi connectivity index (χ2v) is 4.74. The van der Waals surface area contributed by atoms with E-state index in [0.717, 1.165) is 32.4 Å². The number of hydrogen-bond acceptors (Lipinski definition) is 4. The third-order valence-electron chi connectivity index (χ3n) is 3.20. The van der Waals surface area contributed by atoms with Crippen LogP contribution in [0.3, 0.4) is 0 Å². The molecule has 1 aliphatic heterocycles. The van der Waals surface area contributed by atoms with Gasteiger partial charge in [-0.3, -0.25) is 4.79 Å². The summed E-state index contributed by atoms with van der Waals surface area (Å²) >= 11 is 0. The first-order chi connectivity index (χ1) is 8.59. The van der Waals surface area contributed by atoms with Crippen molar-refractivity contribution in [1.82, 2.24) is 10.6 Å². The standard InChI is InChI=1S/C12H22N2O4/c15-10(12(17)18)5-7-14-11(16)4-3-9-2-1-6-13-8-9/h9-10,13,15H,1-8H2,(H,14,16)(H,17,18)/t9?,10-/m0/s1. The van der Waals surface area contributed by atoms with Gasteiger partial charge in [0.05, 0.1) is 0 Å². The summed E-state index contributed by atoms with van der Waals surface area (Å²) in [4.78, 5) is 21.8. The van der Waals surface area contributed by atoms with Gasteiger partial charge in [0.15, 0.2) is 6.10 Å². The highest BCUT2D eigenvalue weighted by Gasteiger charge is 2.15. The Balaban J connectivity index is 2.04. The van der Waals surface area contributed by atoms with Crippen LogP contribution in [0.25, 0.3) is 0 Å². The predicted molar refractivity (Wildman–Crippen MR) is 66.1 cm³/mol. The number of hydrogen-bond donors (Lipinski definition) is 4. The molecule has 1 fully saturated rings. The van der Waals surface area contributed by atoms with Crippen LogP contribution in [-0.2, 0) is 9.59 Å². The van der Waals surface area contributed by atoms with Gasteiger partial charge in [-0.1, -0.05) is 0 Å². The number of carboxylic acids is 1. The summed E-state index contributed by atoms with van der Waals surface area (Å²) in [7, 11) is 0. The molecule has 4 N–H and O–H groups in total. The van der Waals surface area contributed by atoms with Crippen LogP contribution < -0.4 is 10.6 Å². The SMILES string of the molecule is O=C(CCC1CCCNC1)NCC[C@H](O)C(=O)O. The highest BCUT2D eigenvalue weighted by molar-refractivity contribution is 5.76. The fraction of sp³-hybridized carbons (Fsp3) is 0.833. The molecule has 18 heavy (non-hydrogen) atoms. The van der Waals surface area contributed by atoms with Crippen molar-refractivity contribution in [2.45, 2.75) is 38.2 Å². The lowest BCUT2D eigenvalue weighted by molar-refractivity contribution is -0.147. The lowest BCUT2D eigenvalue weighted by atomic mass is 9.94. The van der Waals surface area contributed by atoms with E-state index in [1.807, 2.05) is 0 Å².